The standard InChI is InChI=1S/C12H14BrNO3/c1-14(16-2)12(15)11-5-3-8-7-9(13)4-6-10(8)17-11/h4,6-7,11H,3,5H2,1-2H3/t11-/m1/s1. The third kappa shape index (κ3) is 2.61. The molecule has 0 fully saturated rings. The summed E-state index contributed by atoms with van der Waals surface area (Å²) in [5, 5.41) is 1.20. The number of carbonyl (C=O) groups is 1. The molecule has 0 aromatic heterocycles. The van der Waals surface area contributed by atoms with Crippen molar-refractivity contribution in [2.75, 3.05) is 14.2 Å². The van der Waals surface area contributed by atoms with Gasteiger partial charge in [-0.1, -0.05) is 15.9 Å². The van der Waals surface area contributed by atoms with Crippen molar-refractivity contribution < 1.29 is 14.4 Å². The Hall–Kier alpha value is -1.07. The minimum Gasteiger partial charge on any atom is -0.480 e. The number of nitrogens with zero attached hydrogens (tertiary/aromatic N) is 1. The van der Waals surface area contributed by atoms with Gasteiger partial charge >= 0.3 is 0 Å². The summed E-state index contributed by atoms with van der Waals surface area (Å²) in [7, 11) is 3.05. The van der Waals surface area contributed by atoms with Gasteiger partial charge in [0.05, 0.1) is 7.11 Å². The van der Waals surface area contributed by atoms with E-state index < -0.39 is 6.10 Å². The van der Waals surface area contributed by atoms with Crippen molar-refractivity contribution in [1.29, 1.82) is 0 Å². The number of carbonyl (C=O) groups excluding carboxylic acids is 1. The van der Waals surface area contributed by atoms with E-state index in [4.69, 9.17) is 9.57 Å². The van der Waals surface area contributed by atoms with Crippen molar-refractivity contribution in [3.8, 4) is 5.75 Å². The van der Waals surface area contributed by atoms with Crippen LogP contribution in [0.25, 0.3) is 0 Å². The molecule has 17 heavy (non-hydrogen) atoms. The molecule has 0 spiro atoms. The predicted molar refractivity (Wildman–Crippen MR) is 66.7 cm³/mol. The maximum Gasteiger partial charge on any atom is 0.286 e. The maximum atomic E-state index is 11.9. The van der Waals surface area contributed by atoms with Crippen LogP contribution in [0.5, 0.6) is 5.75 Å². The van der Waals surface area contributed by atoms with E-state index >= 15 is 0 Å². The van der Waals surface area contributed by atoms with Crippen molar-refractivity contribution in [2.24, 2.45) is 0 Å². The molecule has 1 aliphatic heterocycles. The molecule has 92 valence electrons. The fraction of sp³-hybridized carbons (Fsp3) is 0.417. The van der Waals surface area contributed by atoms with Gasteiger partial charge in [0.15, 0.2) is 6.10 Å². The van der Waals surface area contributed by atoms with Gasteiger partial charge < -0.3 is 4.74 Å². The number of amides is 1. The summed E-state index contributed by atoms with van der Waals surface area (Å²) in [6, 6.07) is 5.81. The molecule has 0 unspecified atom stereocenters. The summed E-state index contributed by atoms with van der Waals surface area (Å²) in [5.74, 6) is 0.628. The molecule has 1 atom stereocenters. The van der Waals surface area contributed by atoms with Gasteiger partial charge in [-0.15, -0.1) is 0 Å². The lowest BCUT2D eigenvalue weighted by Crippen LogP contribution is -2.41. The fourth-order valence-electron chi connectivity index (χ4n) is 1.82. The summed E-state index contributed by atoms with van der Waals surface area (Å²) < 4.78 is 6.71. The van der Waals surface area contributed by atoms with E-state index in [0.29, 0.717) is 6.42 Å². The molecular formula is C12H14BrNO3. The van der Waals surface area contributed by atoms with E-state index in [1.807, 2.05) is 18.2 Å². The average Bonchev–Trinajstić information content (AvgIpc) is 2.36. The number of benzene rings is 1. The van der Waals surface area contributed by atoms with Crippen molar-refractivity contribution in [2.45, 2.75) is 18.9 Å². The van der Waals surface area contributed by atoms with Crippen molar-refractivity contribution in [3.05, 3.63) is 28.2 Å². The second-order valence-electron chi connectivity index (χ2n) is 3.92. The summed E-state index contributed by atoms with van der Waals surface area (Å²) in [4.78, 5) is 16.7. The number of likely N-dealkylation sites (N-methyl/N-ethyl adjacent to an activating group) is 1. The highest BCUT2D eigenvalue weighted by molar-refractivity contribution is 9.10. The van der Waals surface area contributed by atoms with Crippen LogP contribution in [0.2, 0.25) is 0 Å². The minimum absolute atomic E-state index is 0.152. The quantitative estimate of drug-likeness (QED) is 0.786. The lowest BCUT2D eigenvalue weighted by molar-refractivity contribution is -0.177. The molecule has 0 N–H and O–H groups in total. The van der Waals surface area contributed by atoms with Crippen molar-refractivity contribution in [1.82, 2.24) is 5.06 Å². The molecule has 0 saturated heterocycles. The molecule has 1 amide bonds. The maximum absolute atomic E-state index is 11.9. The van der Waals surface area contributed by atoms with Crippen LogP contribution < -0.4 is 4.74 Å². The van der Waals surface area contributed by atoms with E-state index in [9.17, 15) is 4.79 Å². The molecule has 4 nitrogen and oxygen atoms in total. The van der Waals surface area contributed by atoms with Gasteiger partial charge in [0, 0.05) is 11.5 Å². The smallest absolute Gasteiger partial charge is 0.286 e. The largest absolute Gasteiger partial charge is 0.480 e. The number of fused-ring (bicyclic) bond motifs is 1. The average molecular weight is 300 g/mol. The van der Waals surface area contributed by atoms with Crippen LogP contribution >= 0.6 is 15.9 Å². The number of halogens is 1. The Bertz CT molecular complexity index is 436. The van der Waals surface area contributed by atoms with Gasteiger partial charge in [0.25, 0.3) is 5.91 Å². The topological polar surface area (TPSA) is 38.8 Å². The highest BCUT2D eigenvalue weighted by atomic mass is 79.9. The van der Waals surface area contributed by atoms with Crippen LogP contribution in [-0.4, -0.2) is 31.2 Å². The van der Waals surface area contributed by atoms with Gasteiger partial charge in [-0.05, 0) is 36.6 Å². The summed E-state index contributed by atoms with van der Waals surface area (Å²) in [6.45, 7) is 0. The Morgan fingerprint density at radius 3 is 3.06 bits per heavy atom. The highest BCUT2D eigenvalue weighted by Crippen LogP contribution is 2.30. The van der Waals surface area contributed by atoms with Gasteiger partial charge in [-0.2, -0.15) is 0 Å². The third-order valence-corrected chi connectivity index (χ3v) is 3.32. The number of hydrogen-bond donors (Lipinski definition) is 0. The molecule has 5 heteroatoms. The predicted octanol–water partition coefficient (Wildman–Crippen LogP) is 2.16. The highest BCUT2D eigenvalue weighted by Gasteiger charge is 2.28. The van der Waals surface area contributed by atoms with E-state index in [1.165, 1.54) is 12.2 Å². The minimum atomic E-state index is -0.450. The number of hydrogen-bond acceptors (Lipinski definition) is 3. The van der Waals surface area contributed by atoms with E-state index in [2.05, 4.69) is 15.9 Å². The monoisotopic (exact) mass is 299 g/mol. The molecule has 1 aromatic rings. The SMILES string of the molecule is CON(C)C(=O)[C@H]1CCc2cc(Br)ccc2O1. The summed E-state index contributed by atoms with van der Waals surface area (Å²) in [6.07, 6.45) is 1.06. The zero-order valence-corrected chi connectivity index (χ0v) is 11.4. The van der Waals surface area contributed by atoms with Crippen molar-refractivity contribution >= 4 is 21.8 Å². The molecule has 1 aliphatic rings. The van der Waals surface area contributed by atoms with Crippen molar-refractivity contribution in [3.63, 3.8) is 0 Å². The van der Waals surface area contributed by atoms with Gasteiger partial charge in [-0.3, -0.25) is 9.63 Å². The van der Waals surface area contributed by atoms with Crippen LogP contribution in [-0.2, 0) is 16.1 Å². The molecule has 1 aromatic carbocycles. The first kappa shape index (κ1) is 12.4. The van der Waals surface area contributed by atoms with Crippen LogP contribution in [0.4, 0.5) is 0 Å². The normalized spacial score (nSPS) is 18.2. The lowest BCUT2D eigenvalue weighted by Gasteiger charge is -2.27. The number of rotatable bonds is 2. The van der Waals surface area contributed by atoms with E-state index in [0.717, 1.165) is 22.2 Å². The van der Waals surface area contributed by atoms with E-state index in [-0.39, 0.29) is 5.91 Å². The van der Waals surface area contributed by atoms with Crippen LogP contribution in [0.3, 0.4) is 0 Å². The zero-order valence-electron chi connectivity index (χ0n) is 9.77. The van der Waals surface area contributed by atoms with E-state index in [1.54, 1.807) is 7.05 Å². The first-order valence-corrected chi connectivity index (χ1v) is 6.18. The first-order valence-electron chi connectivity index (χ1n) is 5.38. The van der Waals surface area contributed by atoms with Gasteiger partial charge in [0.1, 0.15) is 5.75 Å². The molecule has 0 aliphatic carbocycles. The Morgan fingerprint density at radius 2 is 2.35 bits per heavy atom. The summed E-state index contributed by atoms with van der Waals surface area (Å²) in [5.41, 5.74) is 1.13. The molecule has 0 radical (unpaired) electrons. The number of aryl methyl sites for hydroxylation is 1. The zero-order chi connectivity index (χ0) is 12.4. The Balaban J connectivity index is 2.13. The van der Waals surface area contributed by atoms with Gasteiger partial charge in [-0.25, -0.2) is 5.06 Å². The molecular weight excluding hydrogens is 286 g/mol. The number of hydroxylamine groups is 2. The Morgan fingerprint density at radius 1 is 1.59 bits per heavy atom. The Labute approximate surface area is 109 Å². The molecule has 2 rings (SSSR count). The molecule has 1 heterocycles. The van der Waals surface area contributed by atoms with Gasteiger partial charge in [0.2, 0.25) is 0 Å². The second-order valence-corrected chi connectivity index (χ2v) is 4.83. The molecule has 0 saturated carbocycles. The Kier molecular flexibility index (Phi) is 3.69. The lowest BCUT2D eigenvalue weighted by atomic mass is 10.0. The fourth-order valence-corrected chi connectivity index (χ4v) is 2.23. The first-order chi connectivity index (χ1) is 8.11. The molecule has 0 bridgehead atoms. The van der Waals surface area contributed by atoms with Crippen LogP contribution in [0.1, 0.15) is 12.0 Å². The number of ether oxygens (including phenoxy) is 1. The second kappa shape index (κ2) is 5.06. The summed E-state index contributed by atoms with van der Waals surface area (Å²) >= 11 is 3.42. The van der Waals surface area contributed by atoms with Crippen LogP contribution in [0, 0.1) is 0 Å². The van der Waals surface area contributed by atoms with Crippen LogP contribution in [0.15, 0.2) is 22.7 Å². The third-order valence-electron chi connectivity index (χ3n) is 2.83.